The summed E-state index contributed by atoms with van der Waals surface area (Å²) in [5, 5.41) is 1.33. The van der Waals surface area contributed by atoms with Crippen LogP contribution in [0.2, 0.25) is 0 Å². The predicted molar refractivity (Wildman–Crippen MR) is 34.6 cm³/mol. The van der Waals surface area contributed by atoms with Gasteiger partial charge in [-0.25, -0.2) is 0 Å². The van der Waals surface area contributed by atoms with Gasteiger partial charge >= 0.3 is 5.97 Å². The minimum Gasteiger partial charge on any atom is -0.193 e. The molecule has 0 N–H and O–H groups in total. The summed E-state index contributed by atoms with van der Waals surface area (Å²) in [5.41, 5.74) is 0.406. The predicted octanol–water partition coefficient (Wildman–Crippen LogP) is 0.582. The zero-order valence-electron chi connectivity index (χ0n) is 5.97. The highest BCUT2D eigenvalue weighted by Crippen LogP contribution is 1.91. The second kappa shape index (κ2) is 3.25. The molecule has 3 nitrogen and oxygen atoms in total. The smallest absolute Gasteiger partial charge is 0.193 e. The minimum absolute atomic E-state index is 0.389. The molecule has 0 unspecified atom stereocenters. The van der Waals surface area contributed by atoms with E-state index in [1.54, 1.807) is 21.0 Å². The molecule has 9 heavy (non-hydrogen) atoms. The number of rotatable bonds is 2. The van der Waals surface area contributed by atoms with Crippen LogP contribution in [-0.2, 0) is 9.63 Å². The van der Waals surface area contributed by atoms with Gasteiger partial charge < -0.3 is 0 Å². The van der Waals surface area contributed by atoms with E-state index in [4.69, 9.17) is 0 Å². The summed E-state index contributed by atoms with van der Waals surface area (Å²) < 4.78 is 0. The molecule has 0 rings (SSSR count). The Morgan fingerprint density at radius 3 is 2.11 bits per heavy atom. The highest BCUT2D eigenvalue weighted by Gasteiger charge is 2.19. The van der Waals surface area contributed by atoms with Gasteiger partial charge in [-0.2, -0.15) is 4.84 Å². The maximum atomic E-state index is 10.6. The Bertz CT molecular complexity index is 129. The number of carbonyl (C=O) groups excluding carboxylic acids is 1. The molecule has 0 atom stereocenters. The number of carbonyl (C=O) groups is 1. The van der Waals surface area contributed by atoms with E-state index in [1.165, 1.54) is 5.06 Å². The lowest BCUT2D eigenvalue weighted by Gasteiger charge is -1.95. The molecule has 0 aliphatic carbocycles. The molecule has 0 aromatic carbocycles. The van der Waals surface area contributed by atoms with Crippen molar-refractivity contribution in [2.24, 2.45) is 0 Å². The quantitative estimate of drug-likeness (QED) is 0.310. The van der Waals surface area contributed by atoms with Crippen LogP contribution in [0.5, 0.6) is 0 Å². The van der Waals surface area contributed by atoms with Gasteiger partial charge in [0.1, 0.15) is 0 Å². The summed E-state index contributed by atoms with van der Waals surface area (Å²) >= 11 is 0. The second-order valence-corrected chi connectivity index (χ2v) is 1.97. The van der Waals surface area contributed by atoms with E-state index in [0.29, 0.717) is 5.57 Å². The van der Waals surface area contributed by atoms with E-state index in [1.807, 2.05) is 0 Å². The second-order valence-electron chi connectivity index (χ2n) is 1.97. The monoisotopic (exact) mass is 129 g/mol. The Morgan fingerprint density at radius 1 is 1.56 bits per heavy atom. The Hall–Kier alpha value is -0.830. The summed E-state index contributed by atoms with van der Waals surface area (Å²) in [6, 6.07) is 0. The maximum absolute atomic E-state index is 10.6. The van der Waals surface area contributed by atoms with Gasteiger partial charge in [0, 0.05) is 14.1 Å². The summed E-state index contributed by atoms with van der Waals surface area (Å²) in [7, 11) is 3.28. The van der Waals surface area contributed by atoms with Crippen molar-refractivity contribution in [1.82, 2.24) is 5.06 Å². The van der Waals surface area contributed by atoms with Crippen molar-refractivity contribution in [3.63, 3.8) is 0 Å². The first-order chi connectivity index (χ1) is 4.04. The molecule has 0 saturated carbocycles. The molecule has 0 aliphatic heterocycles. The molecule has 0 aromatic rings. The number of hydroxylamine groups is 2. The molecule has 0 heterocycles. The molecule has 3 heteroatoms. The first-order valence-electron chi connectivity index (χ1n) is 2.59. The van der Waals surface area contributed by atoms with Crippen LogP contribution in [0.3, 0.4) is 0 Å². The zero-order valence-corrected chi connectivity index (χ0v) is 5.97. The molecule has 1 radical (unpaired) electrons. The van der Waals surface area contributed by atoms with Crippen LogP contribution in [-0.4, -0.2) is 25.1 Å². The van der Waals surface area contributed by atoms with Gasteiger partial charge in [0.2, 0.25) is 0 Å². The van der Waals surface area contributed by atoms with Crippen LogP contribution in [0.4, 0.5) is 0 Å². The summed E-state index contributed by atoms with van der Waals surface area (Å²) in [6.07, 6.45) is 0. The molecule has 0 amide bonds. The van der Waals surface area contributed by atoms with Crippen LogP contribution in [0.25, 0.3) is 0 Å². The molecule has 0 bridgehead atoms. The van der Waals surface area contributed by atoms with E-state index in [9.17, 15) is 4.79 Å². The molecular formula is C6H11NO2+. The van der Waals surface area contributed by atoms with Gasteiger partial charge in [0.05, 0.1) is 10.4 Å². The molecule has 0 aromatic heterocycles. The standard InChI is InChI=1S/C6H11NO2/c1-5(2)6(8)9-7(3)4/h1H2,2-4H3/q+1. The Kier molecular flexibility index (Phi) is 2.95. The number of hydrogen-bond acceptors (Lipinski definition) is 3. The number of hydrogen-bond donors (Lipinski definition) is 0. The zero-order chi connectivity index (χ0) is 7.44. The van der Waals surface area contributed by atoms with Crippen LogP contribution >= 0.6 is 0 Å². The van der Waals surface area contributed by atoms with Crippen molar-refractivity contribution in [3.8, 4) is 0 Å². The summed E-state index contributed by atoms with van der Waals surface area (Å²) in [4.78, 5) is 15.2. The highest BCUT2D eigenvalue weighted by atomic mass is 16.7. The largest absolute Gasteiger partial charge is 0.626 e. The SMILES string of the molecule is C=C(C)C(=[O+])ON(C)C. The molecule has 0 spiro atoms. The highest BCUT2D eigenvalue weighted by molar-refractivity contribution is 5.86. The van der Waals surface area contributed by atoms with Gasteiger partial charge in [-0.3, -0.25) is 0 Å². The van der Waals surface area contributed by atoms with Crippen molar-refractivity contribution in [2.45, 2.75) is 6.92 Å². The Labute approximate surface area is 54.9 Å². The molecule has 51 valence electrons. The first-order valence-corrected chi connectivity index (χ1v) is 2.59. The third-order valence-electron chi connectivity index (χ3n) is 0.614. The average molecular weight is 129 g/mol. The van der Waals surface area contributed by atoms with Gasteiger partial charge in [-0.05, 0) is 12.0 Å². The Balaban J connectivity index is 3.65. The van der Waals surface area contributed by atoms with Gasteiger partial charge in [0.15, 0.2) is 0 Å². The fourth-order valence-electron chi connectivity index (χ4n) is 0.244. The van der Waals surface area contributed by atoms with Crippen molar-refractivity contribution in [3.05, 3.63) is 12.2 Å². The third kappa shape index (κ3) is 3.73. The summed E-state index contributed by atoms with van der Waals surface area (Å²) in [5.74, 6) is -0.389. The average Bonchev–Trinajstić information content (AvgIpc) is 1.63. The lowest BCUT2D eigenvalue weighted by Crippen LogP contribution is -2.18. The Morgan fingerprint density at radius 2 is 2.00 bits per heavy atom. The minimum atomic E-state index is -0.389. The normalized spacial score (nSPS) is 9.33. The van der Waals surface area contributed by atoms with E-state index >= 15 is 0 Å². The van der Waals surface area contributed by atoms with Crippen molar-refractivity contribution in [2.75, 3.05) is 14.1 Å². The van der Waals surface area contributed by atoms with Crippen LogP contribution in [0.1, 0.15) is 6.92 Å². The van der Waals surface area contributed by atoms with Crippen LogP contribution in [0, 0.1) is 0 Å². The van der Waals surface area contributed by atoms with E-state index < -0.39 is 0 Å². The fourth-order valence-corrected chi connectivity index (χ4v) is 0.244. The topological polar surface area (TPSA) is 32.4 Å². The summed E-state index contributed by atoms with van der Waals surface area (Å²) in [6.45, 7) is 5.01. The van der Waals surface area contributed by atoms with E-state index in [-0.39, 0.29) is 5.97 Å². The van der Waals surface area contributed by atoms with Gasteiger partial charge in [-0.1, -0.05) is 6.58 Å². The molecule has 0 aliphatic rings. The van der Waals surface area contributed by atoms with Crippen molar-refractivity contribution < 1.29 is 9.63 Å². The maximum Gasteiger partial charge on any atom is 0.626 e. The lowest BCUT2D eigenvalue weighted by atomic mass is 10.4. The first kappa shape index (κ1) is 8.17. The molecule has 0 fully saturated rings. The third-order valence-corrected chi connectivity index (χ3v) is 0.614. The van der Waals surface area contributed by atoms with E-state index in [0.717, 1.165) is 0 Å². The fraction of sp³-hybridized carbons (Fsp3) is 0.500. The molecule has 0 saturated heterocycles. The lowest BCUT2D eigenvalue weighted by molar-refractivity contribution is -0.172. The number of nitrogens with zero attached hydrogens (tertiary/aromatic N) is 1. The van der Waals surface area contributed by atoms with Crippen molar-refractivity contribution in [1.29, 1.82) is 0 Å². The van der Waals surface area contributed by atoms with Crippen LogP contribution < -0.4 is 0 Å². The van der Waals surface area contributed by atoms with Crippen molar-refractivity contribution >= 4 is 5.97 Å². The van der Waals surface area contributed by atoms with Crippen LogP contribution in [0.15, 0.2) is 12.2 Å². The van der Waals surface area contributed by atoms with E-state index in [2.05, 4.69) is 11.4 Å². The van der Waals surface area contributed by atoms with Gasteiger partial charge in [-0.15, -0.1) is 0 Å². The van der Waals surface area contributed by atoms with Gasteiger partial charge in [0.25, 0.3) is 0 Å². The molecular weight excluding hydrogens is 118 g/mol.